The van der Waals surface area contributed by atoms with Crippen LogP contribution in [0.4, 0.5) is 0 Å². The molecule has 7 heteroatoms. The smallest absolute Gasteiger partial charge is 0.189 e. The standard InChI is InChI=1S/C19H16Cl2N2OS2/c1-24-17-10-22-19(26-12-14-4-8-16(21)9-5-14)23-18(17)25-11-13-2-6-15(20)7-3-13/h2-10H,11-12H2,1H3. The van der Waals surface area contributed by atoms with Crippen molar-refractivity contribution in [3.8, 4) is 5.75 Å². The van der Waals surface area contributed by atoms with Gasteiger partial charge in [0.1, 0.15) is 5.03 Å². The van der Waals surface area contributed by atoms with Crippen LogP contribution in [0, 0.1) is 0 Å². The number of hydrogen-bond donors (Lipinski definition) is 0. The van der Waals surface area contributed by atoms with Gasteiger partial charge in [0.05, 0.1) is 13.3 Å². The van der Waals surface area contributed by atoms with Crippen LogP contribution in [0.3, 0.4) is 0 Å². The Kier molecular flexibility index (Phi) is 7.08. The topological polar surface area (TPSA) is 35.0 Å². The number of benzene rings is 2. The summed E-state index contributed by atoms with van der Waals surface area (Å²) in [6.45, 7) is 0. The maximum Gasteiger partial charge on any atom is 0.189 e. The average molecular weight is 423 g/mol. The molecule has 0 fully saturated rings. The molecule has 3 aromatic rings. The number of ether oxygens (including phenoxy) is 1. The van der Waals surface area contributed by atoms with E-state index in [0.717, 1.165) is 31.7 Å². The van der Waals surface area contributed by atoms with E-state index in [4.69, 9.17) is 27.9 Å². The molecule has 134 valence electrons. The third-order valence-electron chi connectivity index (χ3n) is 3.49. The Bertz CT molecular complexity index is 858. The van der Waals surface area contributed by atoms with Crippen molar-refractivity contribution in [3.63, 3.8) is 0 Å². The molecule has 1 aromatic heterocycles. The lowest BCUT2D eigenvalue weighted by atomic mass is 10.2. The van der Waals surface area contributed by atoms with Gasteiger partial charge in [-0.25, -0.2) is 9.97 Å². The number of rotatable bonds is 7. The van der Waals surface area contributed by atoms with Gasteiger partial charge in [-0.05, 0) is 35.4 Å². The molecule has 26 heavy (non-hydrogen) atoms. The van der Waals surface area contributed by atoms with Crippen molar-refractivity contribution in [1.82, 2.24) is 9.97 Å². The molecule has 0 atom stereocenters. The van der Waals surface area contributed by atoms with E-state index < -0.39 is 0 Å². The van der Waals surface area contributed by atoms with E-state index in [-0.39, 0.29) is 0 Å². The molecule has 0 aliphatic rings. The molecule has 0 spiro atoms. The second-order valence-corrected chi connectivity index (χ2v) is 8.14. The minimum absolute atomic E-state index is 0.680. The zero-order valence-electron chi connectivity index (χ0n) is 14.0. The van der Waals surface area contributed by atoms with E-state index in [2.05, 4.69) is 9.97 Å². The monoisotopic (exact) mass is 422 g/mol. The van der Waals surface area contributed by atoms with Crippen LogP contribution in [-0.2, 0) is 11.5 Å². The lowest BCUT2D eigenvalue weighted by Crippen LogP contribution is -1.95. The van der Waals surface area contributed by atoms with Crippen LogP contribution in [-0.4, -0.2) is 17.1 Å². The van der Waals surface area contributed by atoms with Crippen molar-refractivity contribution < 1.29 is 4.74 Å². The lowest BCUT2D eigenvalue weighted by molar-refractivity contribution is 0.395. The molecular formula is C19H16Cl2N2OS2. The van der Waals surface area contributed by atoms with E-state index in [1.165, 1.54) is 11.1 Å². The van der Waals surface area contributed by atoms with Crippen LogP contribution >= 0.6 is 46.7 Å². The molecule has 0 unspecified atom stereocenters. The van der Waals surface area contributed by atoms with Gasteiger partial charge >= 0.3 is 0 Å². The van der Waals surface area contributed by atoms with Gasteiger partial charge < -0.3 is 4.74 Å². The Morgan fingerprint density at radius 2 is 1.38 bits per heavy atom. The van der Waals surface area contributed by atoms with Crippen LogP contribution in [0.1, 0.15) is 11.1 Å². The fourth-order valence-corrected chi connectivity index (χ4v) is 4.12. The van der Waals surface area contributed by atoms with Crippen molar-refractivity contribution in [2.45, 2.75) is 21.7 Å². The normalized spacial score (nSPS) is 10.7. The summed E-state index contributed by atoms with van der Waals surface area (Å²) < 4.78 is 5.39. The predicted molar refractivity (Wildman–Crippen MR) is 111 cm³/mol. The first-order chi connectivity index (χ1) is 12.6. The van der Waals surface area contributed by atoms with E-state index in [1.54, 1.807) is 36.8 Å². The fraction of sp³-hybridized carbons (Fsp3) is 0.158. The summed E-state index contributed by atoms with van der Waals surface area (Å²) >= 11 is 15.1. The van der Waals surface area contributed by atoms with Gasteiger partial charge in [0.25, 0.3) is 0 Å². The van der Waals surface area contributed by atoms with E-state index in [9.17, 15) is 0 Å². The molecule has 3 rings (SSSR count). The van der Waals surface area contributed by atoms with Gasteiger partial charge in [0.15, 0.2) is 10.9 Å². The van der Waals surface area contributed by atoms with Crippen molar-refractivity contribution in [2.24, 2.45) is 0 Å². The summed E-state index contributed by atoms with van der Waals surface area (Å²) in [6, 6.07) is 15.6. The highest BCUT2D eigenvalue weighted by Crippen LogP contribution is 2.32. The molecule has 2 aromatic carbocycles. The summed E-state index contributed by atoms with van der Waals surface area (Å²) in [7, 11) is 1.63. The Morgan fingerprint density at radius 1 is 0.846 bits per heavy atom. The third kappa shape index (κ3) is 5.55. The van der Waals surface area contributed by atoms with Gasteiger partial charge in [-0.2, -0.15) is 0 Å². The molecule has 0 radical (unpaired) electrons. The summed E-state index contributed by atoms with van der Waals surface area (Å²) in [5.41, 5.74) is 2.35. The molecule has 0 aliphatic carbocycles. The number of halogens is 2. The largest absolute Gasteiger partial charge is 0.492 e. The summed E-state index contributed by atoms with van der Waals surface area (Å²) in [5, 5.41) is 3.02. The van der Waals surface area contributed by atoms with Crippen LogP contribution in [0.25, 0.3) is 0 Å². The maximum absolute atomic E-state index is 5.93. The lowest BCUT2D eigenvalue weighted by Gasteiger charge is -2.09. The molecule has 0 N–H and O–H groups in total. The first kappa shape index (κ1) is 19.4. The molecule has 0 amide bonds. The average Bonchev–Trinajstić information content (AvgIpc) is 2.67. The summed E-state index contributed by atoms with van der Waals surface area (Å²) in [6.07, 6.45) is 1.72. The minimum Gasteiger partial charge on any atom is -0.492 e. The first-order valence-corrected chi connectivity index (χ1v) is 10.5. The molecule has 0 saturated heterocycles. The molecule has 0 bridgehead atoms. The zero-order valence-corrected chi connectivity index (χ0v) is 17.1. The van der Waals surface area contributed by atoms with Crippen LogP contribution in [0.5, 0.6) is 5.75 Å². The Morgan fingerprint density at radius 3 is 1.92 bits per heavy atom. The van der Waals surface area contributed by atoms with E-state index in [1.807, 2.05) is 48.5 Å². The Hall–Kier alpha value is -1.40. The third-order valence-corrected chi connectivity index (χ3v) is 5.97. The van der Waals surface area contributed by atoms with Crippen molar-refractivity contribution in [2.75, 3.05) is 7.11 Å². The van der Waals surface area contributed by atoms with Gasteiger partial charge in [-0.3, -0.25) is 0 Å². The van der Waals surface area contributed by atoms with Crippen LogP contribution in [0.2, 0.25) is 10.0 Å². The van der Waals surface area contributed by atoms with E-state index >= 15 is 0 Å². The highest BCUT2D eigenvalue weighted by atomic mass is 35.5. The summed E-state index contributed by atoms with van der Waals surface area (Å²) in [5.74, 6) is 2.25. The number of nitrogens with zero attached hydrogens (tertiary/aromatic N) is 2. The van der Waals surface area contributed by atoms with Gasteiger partial charge in [0, 0.05) is 21.6 Å². The number of hydrogen-bond acceptors (Lipinski definition) is 5. The summed E-state index contributed by atoms with van der Waals surface area (Å²) in [4.78, 5) is 9.03. The maximum atomic E-state index is 5.93. The first-order valence-electron chi connectivity index (χ1n) is 7.79. The minimum atomic E-state index is 0.680. The van der Waals surface area contributed by atoms with Gasteiger partial charge in [0.2, 0.25) is 0 Å². The van der Waals surface area contributed by atoms with Crippen molar-refractivity contribution in [3.05, 3.63) is 75.9 Å². The second kappa shape index (κ2) is 9.51. The molecule has 0 aliphatic heterocycles. The van der Waals surface area contributed by atoms with Crippen molar-refractivity contribution in [1.29, 1.82) is 0 Å². The predicted octanol–water partition coefficient (Wildman–Crippen LogP) is 6.38. The molecule has 0 saturated carbocycles. The quantitative estimate of drug-likeness (QED) is 0.250. The van der Waals surface area contributed by atoms with Crippen LogP contribution < -0.4 is 4.74 Å². The second-order valence-electron chi connectivity index (χ2n) is 5.36. The number of thioether (sulfide) groups is 2. The van der Waals surface area contributed by atoms with Crippen LogP contribution in [0.15, 0.2) is 64.9 Å². The fourth-order valence-electron chi connectivity index (χ4n) is 2.11. The molecular weight excluding hydrogens is 407 g/mol. The number of aromatic nitrogens is 2. The van der Waals surface area contributed by atoms with E-state index in [0.29, 0.717) is 5.75 Å². The zero-order chi connectivity index (χ0) is 18.4. The van der Waals surface area contributed by atoms with Gasteiger partial charge in [-0.1, -0.05) is 71.0 Å². The highest BCUT2D eigenvalue weighted by Gasteiger charge is 2.10. The van der Waals surface area contributed by atoms with Gasteiger partial charge in [-0.15, -0.1) is 0 Å². The molecule has 3 nitrogen and oxygen atoms in total. The molecule has 1 heterocycles. The number of methoxy groups -OCH3 is 1. The Balaban J connectivity index is 1.67. The van der Waals surface area contributed by atoms with Crippen molar-refractivity contribution >= 4 is 46.7 Å². The Labute approximate surface area is 171 Å². The highest BCUT2D eigenvalue weighted by molar-refractivity contribution is 7.99. The SMILES string of the molecule is COc1cnc(SCc2ccc(Cl)cc2)nc1SCc1ccc(Cl)cc1.